The molecular formula is C13H25N. The lowest BCUT2D eigenvalue weighted by Gasteiger charge is -2.28. The fourth-order valence-electron chi connectivity index (χ4n) is 2.87. The molecule has 0 atom stereocenters. The van der Waals surface area contributed by atoms with E-state index < -0.39 is 0 Å². The first-order valence-electron chi connectivity index (χ1n) is 6.27. The van der Waals surface area contributed by atoms with Crippen LogP contribution in [0.5, 0.6) is 0 Å². The fraction of sp³-hybridized carbons (Fsp3) is 1.00. The van der Waals surface area contributed by atoms with Gasteiger partial charge >= 0.3 is 0 Å². The van der Waals surface area contributed by atoms with Gasteiger partial charge in [0, 0.05) is 12.1 Å². The van der Waals surface area contributed by atoms with Crippen molar-refractivity contribution in [1.29, 1.82) is 0 Å². The molecule has 14 heavy (non-hydrogen) atoms. The molecule has 0 aromatic carbocycles. The highest BCUT2D eigenvalue weighted by molar-refractivity contribution is 5.02. The molecule has 0 bridgehead atoms. The Kier molecular flexibility index (Phi) is 2.63. The first-order valence-corrected chi connectivity index (χ1v) is 6.27. The van der Waals surface area contributed by atoms with Crippen LogP contribution >= 0.6 is 0 Å². The second-order valence-corrected chi connectivity index (χ2v) is 6.45. The average Bonchev–Trinajstić information content (AvgIpc) is 2.67. The largest absolute Gasteiger partial charge is 0.312 e. The summed E-state index contributed by atoms with van der Waals surface area (Å²) in [6.45, 7) is 8.09. The van der Waals surface area contributed by atoms with Gasteiger partial charge in [0.05, 0.1) is 0 Å². The quantitative estimate of drug-likeness (QED) is 0.728. The van der Waals surface area contributed by atoms with E-state index in [1.807, 2.05) is 0 Å². The van der Waals surface area contributed by atoms with Gasteiger partial charge in [-0.2, -0.15) is 0 Å². The van der Waals surface area contributed by atoms with E-state index in [2.05, 4.69) is 26.1 Å². The lowest BCUT2D eigenvalue weighted by atomic mass is 9.87. The average molecular weight is 195 g/mol. The summed E-state index contributed by atoms with van der Waals surface area (Å²) in [5.41, 5.74) is 1.03. The van der Waals surface area contributed by atoms with Crippen LogP contribution in [0.25, 0.3) is 0 Å². The van der Waals surface area contributed by atoms with Crippen molar-refractivity contribution < 1.29 is 0 Å². The summed E-state index contributed by atoms with van der Waals surface area (Å²) in [6, 6.07) is 0. The maximum atomic E-state index is 3.70. The minimum atomic E-state index is 0.300. The van der Waals surface area contributed by atoms with E-state index in [1.54, 1.807) is 0 Å². The molecule has 0 aromatic rings. The van der Waals surface area contributed by atoms with E-state index in [9.17, 15) is 0 Å². The first-order chi connectivity index (χ1) is 6.52. The summed E-state index contributed by atoms with van der Waals surface area (Å²) < 4.78 is 0. The van der Waals surface area contributed by atoms with E-state index in [0.29, 0.717) is 5.54 Å². The molecule has 0 aliphatic heterocycles. The number of rotatable bonds is 3. The van der Waals surface area contributed by atoms with Gasteiger partial charge in [-0.3, -0.25) is 0 Å². The molecule has 1 N–H and O–H groups in total. The van der Waals surface area contributed by atoms with Gasteiger partial charge in [0.1, 0.15) is 0 Å². The van der Waals surface area contributed by atoms with Crippen LogP contribution in [0.15, 0.2) is 0 Å². The van der Waals surface area contributed by atoms with Gasteiger partial charge in [0.2, 0.25) is 0 Å². The zero-order chi connectivity index (χ0) is 10.2. The molecule has 0 radical (unpaired) electrons. The standard InChI is InChI=1S/C13H25N/c1-12(2,3)14-10-13(8-9-13)11-6-4-5-7-11/h11,14H,4-10H2,1-3H3. The Morgan fingerprint density at radius 1 is 1.14 bits per heavy atom. The van der Waals surface area contributed by atoms with Gasteiger partial charge in [-0.1, -0.05) is 12.8 Å². The molecule has 0 saturated heterocycles. The van der Waals surface area contributed by atoms with E-state index >= 15 is 0 Å². The Labute approximate surface area is 88.7 Å². The van der Waals surface area contributed by atoms with Crippen molar-refractivity contribution in [2.24, 2.45) is 11.3 Å². The SMILES string of the molecule is CC(C)(C)NCC1(C2CCCC2)CC1. The summed E-state index contributed by atoms with van der Waals surface area (Å²) in [6.07, 6.45) is 8.96. The number of nitrogens with one attached hydrogen (secondary N) is 1. The smallest absolute Gasteiger partial charge is 0.00967 e. The van der Waals surface area contributed by atoms with Gasteiger partial charge < -0.3 is 5.32 Å². The van der Waals surface area contributed by atoms with Crippen LogP contribution < -0.4 is 5.32 Å². The molecule has 2 aliphatic carbocycles. The van der Waals surface area contributed by atoms with Crippen molar-refractivity contribution in [3.8, 4) is 0 Å². The second-order valence-electron chi connectivity index (χ2n) is 6.45. The molecule has 82 valence electrons. The van der Waals surface area contributed by atoms with Crippen molar-refractivity contribution in [2.45, 2.75) is 64.8 Å². The van der Waals surface area contributed by atoms with Gasteiger partial charge in [-0.05, 0) is 57.8 Å². The minimum absolute atomic E-state index is 0.300. The van der Waals surface area contributed by atoms with Crippen LogP contribution in [0.2, 0.25) is 0 Å². The summed E-state index contributed by atoms with van der Waals surface area (Å²) in [4.78, 5) is 0. The zero-order valence-electron chi connectivity index (χ0n) is 10.0. The van der Waals surface area contributed by atoms with Crippen molar-refractivity contribution in [3.63, 3.8) is 0 Å². The topological polar surface area (TPSA) is 12.0 Å². The number of hydrogen-bond donors (Lipinski definition) is 1. The Hall–Kier alpha value is -0.0400. The van der Waals surface area contributed by atoms with Gasteiger partial charge in [-0.15, -0.1) is 0 Å². The molecule has 0 spiro atoms. The Bertz CT molecular complexity index is 192. The maximum absolute atomic E-state index is 3.70. The predicted octanol–water partition coefficient (Wildman–Crippen LogP) is 3.34. The minimum Gasteiger partial charge on any atom is -0.312 e. The van der Waals surface area contributed by atoms with Crippen LogP contribution in [0.4, 0.5) is 0 Å². The first kappa shape index (κ1) is 10.5. The molecule has 2 saturated carbocycles. The van der Waals surface area contributed by atoms with E-state index in [0.717, 1.165) is 11.3 Å². The van der Waals surface area contributed by atoms with Crippen LogP contribution in [-0.4, -0.2) is 12.1 Å². The van der Waals surface area contributed by atoms with Gasteiger partial charge in [-0.25, -0.2) is 0 Å². The van der Waals surface area contributed by atoms with Gasteiger partial charge in [0.15, 0.2) is 0 Å². The highest BCUT2D eigenvalue weighted by Crippen LogP contribution is 2.56. The molecular weight excluding hydrogens is 170 g/mol. The van der Waals surface area contributed by atoms with E-state index in [-0.39, 0.29) is 0 Å². The van der Waals surface area contributed by atoms with E-state index in [4.69, 9.17) is 0 Å². The maximum Gasteiger partial charge on any atom is 0.00967 e. The third-order valence-corrected chi connectivity index (χ3v) is 4.08. The fourth-order valence-corrected chi connectivity index (χ4v) is 2.87. The molecule has 0 amide bonds. The second kappa shape index (κ2) is 3.52. The lowest BCUT2D eigenvalue weighted by Crippen LogP contribution is -2.41. The van der Waals surface area contributed by atoms with Crippen molar-refractivity contribution in [1.82, 2.24) is 5.32 Å². The molecule has 0 heterocycles. The Balaban J connectivity index is 1.84. The summed E-state index contributed by atoms with van der Waals surface area (Å²) in [5, 5.41) is 3.70. The van der Waals surface area contributed by atoms with Crippen molar-refractivity contribution >= 4 is 0 Å². The van der Waals surface area contributed by atoms with Gasteiger partial charge in [0.25, 0.3) is 0 Å². The Morgan fingerprint density at radius 2 is 1.71 bits per heavy atom. The highest BCUT2D eigenvalue weighted by Gasteiger charge is 2.49. The normalized spacial score (nSPS) is 26.8. The molecule has 1 nitrogen and oxygen atoms in total. The molecule has 1 heteroatoms. The van der Waals surface area contributed by atoms with Crippen molar-refractivity contribution in [2.75, 3.05) is 6.54 Å². The summed E-state index contributed by atoms with van der Waals surface area (Å²) >= 11 is 0. The summed E-state index contributed by atoms with van der Waals surface area (Å²) in [7, 11) is 0. The molecule has 0 aromatic heterocycles. The van der Waals surface area contributed by atoms with Crippen LogP contribution in [0.1, 0.15) is 59.3 Å². The molecule has 0 unspecified atom stereocenters. The predicted molar refractivity (Wildman–Crippen MR) is 61.4 cm³/mol. The molecule has 2 rings (SSSR count). The van der Waals surface area contributed by atoms with Crippen LogP contribution in [0.3, 0.4) is 0 Å². The van der Waals surface area contributed by atoms with Crippen molar-refractivity contribution in [3.05, 3.63) is 0 Å². The monoisotopic (exact) mass is 195 g/mol. The molecule has 2 fully saturated rings. The summed E-state index contributed by atoms with van der Waals surface area (Å²) in [5.74, 6) is 1.05. The lowest BCUT2D eigenvalue weighted by molar-refractivity contribution is 0.267. The molecule has 2 aliphatic rings. The highest BCUT2D eigenvalue weighted by atomic mass is 15.0. The number of hydrogen-bond acceptors (Lipinski definition) is 1. The zero-order valence-corrected chi connectivity index (χ0v) is 10.0. The van der Waals surface area contributed by atoms with Crippen LogP contribution in [0, 0.1) is 11.3 Å². The third kappa shape index (κ3) is 2.31. The van der Waals surface area contributed by atoms with E-state index in [1.165, 1.54) is 45.1 Å². The van der Waals surface area contributed by atoms with Crippen LogP contribution in [-0.2, 0) is 0 Å². The Morgan fingerprint density at radius 3 is 2.14 bits per heavy atom. The third-order valence-electron chi connectivity index (χ3n) is 4.08.